The van der Waals surface area contributed by atoms with Gasteiger partial charge in [-0.2, -0.15) is 0 Å². The summed E-state index contributed by atoms with van der Waals surface area (Å²) in [5, 5.41) is 3.48. The third kappa shape index (κ3) is 4.76. The summed E-state index contributed by atoms with van der Waals surface area (Å²) < 4.78 is 10.5. The molecule has 0 fully saturated rings. The molecule has 8 heteroatoms. The smallest absolute Gasteiger partial charge is 0.256 e. The Morgan fingerprint density at radius 1 is 1.19 bits per heavy atom. The summed E-state index contributed by atoms with van der Waals surface area (Å²) in [4.78, 5) is 22.4. The number of carbonyl (C=O) groups is 1. The third-order valence-corrected chi connectivity index (χ3v) is 4.11. The summed E-state index contributed by atoms with van der Waals surface area (Å²) >= 11 is 6.10. The van der Waals surface area contributed by atoms with Gasteiger partial charge < -0.3 is 19.7 Å². The Labute approximate surface area is 158 Å². The Balaban J connectivity index is 2.16. The van der Waals surface area contributed by atoms with E-state index in [4.69, 9.17) is 21.1 Å². The van der Waals surface area contributed by atoms with Gasteiger partial charge >= 0.3 is 0 Å². The molecule has 0 saturated carbocycles. The van der Waals surface area contributed by atoms with Crippen LogP contribution < -0.4 is 14.8 Å². The van der Waals surface area contributed by atoms with Crippen LogP contribution in [0.3, 0.4) is 0 Å². The molecule has 0 aliphatic carbocycles. The van der Waals surface area contributed by atoms with Gasteiger partial charge in [0.2, 0.25) is 5.95 Å². The summed E-state index contributed by atoms with van der Waals surface area (Å²) in [6, 6.07) is 3.34. The van der Waals surface area contributed by atoms with Crippen LogP contribution in [-0.2, 0) is 0 Å². The number of anilines is 2. The first-order valence-corrected chi connectivity index (χ1v) is 8.64. The molecule has 1 aromatic carbocycles. The van der Waals surface area contributed by atoms with E-state index in [1.165, 1.54) is 26.6 Å². The Hall–Kier alpha value is -2.54. The van der Waals surface area contributed by atoms with E-state index >= 15 is 0 Å². The van der Waals surface area contributed by atoms with Crippen molar-refractivity contribution in [3.05, 3.63) is 35.1 Å². The van der Waals surface area contributed by atoms with Crippen molar-refractivity contribution in [3.8, 4) is 11.5 Å². The fourth-order valence-electron chi connectivity index (χ4n) is 2.30. The van der Waals surface area contributed by atoms with E-state index in [0.717, 1.165) is 12.8 Å². The zero-order valence-electron chi connectivity index (χ0n) is 15.4. The van der Waals surface area contributed by atoms with Gasteiger partial charge in [0.25, 0.3) is 5.91 Å². The second kappa shape index (κ2) is 9.24. The van der Waals surface area contributed by atoms with Crippen molar-refractivity contribution >= 4 is 29.1 Å². The van der Waals surface area contributed by atoms with Gasteiger partial charge in [0.05, 0.1) is 30.5 Å². The number of hydrogen-bond acceptors (Lipinski definition) is 6. The molecule has 2 rings (SSSR count). The highest BCUT2D eigenvalue weighted by Gasteiger charge is 2.14. The molecule has 0 aliphatic rings. The predicted molar refractivity (Wildman–Crippen MR) is 102 cm³/mol. The number of aromatic nitrogens is 2. The zero-order chi connectivity index (χ0) is 19.1. The van der Waals surface area contributed by atoms with Crippen LogP contribution in [0.15, 0.2) is 24.5 Å². The second-order valence-corrected chi connectivity index (χ2v) is 6.09. The quantitative estimate of drug-likeness (QED) is 0.753. The van der Waals surface area contributed by atoms with E-state index in [2.05, 4.69) is 22.2 Å². The third-order valence-electron chi connectivity index (χ3n) is 3.81. The van der Waals surface area contributed by atoms with Crippen molar-refractivity contribution < 1.29 is 14.3 Å². The minimum atomic E-state index is -0.101. The maximum absolute atomic E-state index is 12.3. The lowest BCUT2D eigenvalue weighted by atomic mass is 10.2. The molecule has 0 atom stereocenters. The molecule has 0 saturated heterocycles. The first-order valence-electron chi connectivity index (χ1n) is 8.26. The minimum absolute atomic E-state index is 0.101. The predicted octanol–water partition coefficient (Wildman–Crippen LogP) is 3.76. The van der Waals surface area contributed by atoms with Crippen LogP contribution in [0, 0.1) is 0 Å². The molecule has 0 spiro atoms. The lowest BCUT2D eigenvalue weighted by molar-refractivity contribution is 0.0792. The molecular formula is C18H23ClN4O3. The van der Waals surface area contributed by atoms with E-state index < -0.39 is 0 Å². The van der Waals surface area contributed by atoms with E-state index in [1.54, 1.807) is 24.1 Å². The Bertz CT molecular complexity index is 753. The number of halogens is 1. The molecule has 7 nitrogen and oxygen atoms in total. The van der Waals surface area contributed by atoms with Gasteiger partial charge in [-0.15, -0.1) is 0 Å². The minimum Gasteiger partial charge on any atom is -0.495 e. The van der Waals surface area contributed by atoms with Crippen molar-refractivity contribution in [3.63, 3.8) is 0 Å². The molecule has 1 amide bonds. The van der Waals surface area contributed by atoms with Crippen molar-refractivity contribution in [2.45, 2.75) is 19.8 Å². The molecular weight excluding hydrogens is 356 g/mol. The Morgan fingerprint density at radius 2 is 1.85 bits per heavy atom. The molecule has 1 heterocycles. The topological polar surface area (TPSA) is 76.6 Å². The molecule has 0 bridgehead atoms. The summed E-state index contributed by atoms with van der Waals surface area (Å²) in [5.41, 5.74) is 1.04. The van der Waals surface area contributed by atoms with E-state index in [0.29, 0.717) is 40.3 Å². The number of rotatable bonds is 8. The van der Waals surface area contributed by atoms with Gasteiger partial charge in [-0.05, 0) is 6.42 Å². The monoisotopic (exact) mass is 378 g/mol. The van der Waals surface area contributed by atoms with Gasteiger partial charge in [0, 0.05) is 38.1 Å². The standard InChI is InChI=1S/C18H23ClN4O3/c1-5-6-7-23(2)17(24)12-10-20-18(21-11-12)22-14-9-15(25-3)13(19)8-16(14)26-4/h8-11H,5-7H2,1-4H3,(H,20,21,22). The number of carbonyl (C=O) groups excluding carboxylic acids is 1. The maximum atomic E-state index is 12.3. The van der Waals surface area contributed by atoms with Crippen molar-refractivity contribution in [2.75, 3.05) is 33.1 Å². The van der Waals surface area contributed by atoms with Crippen LogP contribution in [0.1, 0.15) is 30.1 Å². The van der Waals surface area contributed by atoms with Crippen LogP contribution in [0.25, 0.3) is 0 Å². The molecule has 1 aromatic heterocycles. The normalized spacial score (nSPS) is 10.3. The molecule has 0 unspecified atom stereocenters. The first-order chi connectivity index (χ1) is 12.5. The highest BCUT2D eigenvalue weighted by molar-refractivity contribution is 6.32. The zero-order valence-corrected chi connectivity index (χ0v) is 16.1. The van der Waals surface area contributed by atoms with Gasteiger partial charge in [-0.3, -0.25) is 4.79 Å². The van der Waals surface area contributed by atoms with Crippen LogP contribution in [0.4, 0.5) is 11.6 Å². The second-order valence-electron chi connectivity index (χ2n) is 5.69. The van der Waals surface area contributed by atoms with Gasteiger partial charge in [0.15, 0.2) is 0 Å². The highest BCUT2D eigenvalue weighted by Crippen LogP contribution is 2.36. The maximum Gasteiger partial charge on any atom is 0.256 e. The van der Waals surface area contributed by atoms with Crippen molar-refractivity contribution in [1.29, 1.82) is 0 Å². The number of unbranched alkanes of at least 4 members (excludes halogenated alkanes) is 1. The molecule has 140 valence electrons. The number of hydrogen-bond donors (Lipinski definition) is 1. The molecule has 2 aromatic rings. The summed E-state index contributed by atoms with van der Waals surface area (Å²) in [6.45, 7) is 2.79. The first kappa shape index (κ1) is 19.8. The molecule has 0 radical (unpaired) electrons. The largest absolute Gasteiger partial charge is 0.495 e. The van der Waals surface area contributed by atoms with Crippen LogP contribution in [0.5, 0.6) is 11.5 Å². The fraction of sp³-hybridized carbons (Fsp3) is 0.389. The number of nitrogens with one attached hydrogen (secondary N) is 1. The van der Waals surface area contributed by atoms with Gasteiger partial charge in [-0.25, -0.2) is 9.97 Å². The SMILES string of the molecule is CCCCN(C)C(=O)c1cnc(Nc2cc(OC)c(Cl)cc2OC)nc1. The number of amides is 1. The van der Waals surface area contributed by atoms with E-state index in [9.17, 15) is 4.79 Å². The van der Waals surface area contributed by atoms with Crippen molar-refractivity contribution in [1.82, 2.24) is 14.9 Å². The molecule has 1 N–H and O–H groups in total. The number of nitrogens with zero attached hydrogens (tertiary/aromatic N) is 3. The summed E-state index contributed by atoms with van der Waals surface area (Å²) in [6.07, 6.45) is 4.99. The Morgan fingerprint density at radius 3 is 2.42 bits per heavy atom. The van der Waals surface area contributed by atoms with E-state index in [-0.39, 0.29) is 5.91 Å². The van der Waals surface area contributed by atoms with E-state index in [1.807, 2.05) is 0 Å². The fourth-order valence-corrected chi connectivity index (χ4v) is 2.53. The summed E-state index contributed by atoms with van der Waals surface area (Å²) in [7, 11) is 4.84. The van der Waals surface area contributed by atoms with Gasteiger partial charge in [0.1, 0.15) is 11.5 Å². The average Bonchev–Trinajstić information content (AvgIpc) is 2.67. The average molecular weight is 379 g/mol. The lowest BCUT2D eigenvalue weighted by Crippen LogP contribution is -2.27. The van der Waals surface area contributed by atoms with Crippen LogP contribution in [-0.4, -0.2) is 48.6 Å². The number of benzene rings is 1. The highest BCUT2D eigenvalue weighted by atomic mass is 35.5. The number of ether oxygens (including phenoxy) is 2. The van der Waals surface area contributed by atoms with Crippen LogP contribution >= 0.6 is 11.6 Å². The number of methoxy groups -OCH3 is 2. The van der Waals surface area contributed by atoms with Gasteiger partial charge in [-0.1, -0.05) is 24.9 Å². The summed E-state index contributed by atoms with van der Waals surface area (Å²) in [5.74, 6) is 1.26. The molecule has 26 heavy (non-hydrogen) atoms. The molecule has 0 aliphatic heterocycles. The van der Waals surface area contributed by atoms with Crippen LogP contribution in [0.2, 0.25) is 5.02 Å². The van der Waals surface area contributed by atoms with Crippen molar-refractivity contribution in [2.24, 2.45) is 0 Å². The lowest BCUT2D eigenvalue weighted by Gasteiger charge is -2.16. The Kier molecular flexibility index (Phi) is 7.03.